The minimum Gasteiger partial charge on any atom is -0.390 e. The van der Waals surface area contributed by atoms with Crippen molar-refractivity contribution in [2.45, 2.75) is 71.3 Å². The molecular weight excluding hydrogens is 257 g/mol. The maximum atomic E-state index is 12.0. The summed E-state index contributed by atoms with van der Waals surface area (Å²) in [6.07, 6.45) is -3.47. The summed E-state index contributed by atoms with van der Waals surface area (Å²) in [4.78, 5) is 0. The van der Waals surface area contributed by atoms with Crippen molar-refractivity contribution < 1.29 is 23.0 Å². The zero-order valence-corrected chi connectivity index (χ0v) is 12.0. The summed E-state index contributed by atoms with van der Waals surface area (Å²) >= 11 is 0. The Labute approximate surface area is 113 Å². The second-order valence-corrected chi connectivity index (χ2v) is 6.57. The predicted octanol–water partition coefficient (Wildman–Crippen LogP) is 3.92. The molecule has 1 rings (SSSR count). The quantitative estimate of drug-likeness (QED) is 0.792. The van der Waals surface area contributed by atoms with Crippen LogP contribution in [0.4, 0.5) is 13.2 Å². The van der Waals surface area contributed by atoms with E-state index in [0.717, 1.165) is 12.8 Å². The van der Waals surface area contributed by atoms with Crippen molar-refractivity contribution in [2.24, 2.45) is 11.3 Å². The molecule has 0 aromatic carbocycles. The number of aliphatic hydroxyl groups is 1. The fraction of sp³-hybridized carbons (Fsp3) is 1.00. The Morgan fingerprint density at radius 3 is 2.32 bits per heavy atom. The summed E-state index contributed by atoms with van der Waals surface area (Å²) in [7, 11) is 0. The predicted molar refractivity (Wildman–Crippen MR) is 67.8 cm³/mol. The minimum atomic E-state index is -4.12. The second-order valence-electron chi connectivity index (χ2n) is 6.57. The Kier molecular flexibility index (Phi) is 5.68. The molecule has 1 aliphatic rings. The van der Waals surface area contributed by atoms with Gasteiger partial charge in [-0.2, -0.15) is 13.2 Å². The SMILES string of the molecule is CC(C)(C)C1CCC(O)C(OCCCC(F)(F)F)C1. The van der Waals surface area contributed by atoms with Crippen LogP contribution in [0.5, 0.6) is 0 Å². The van der Waals surface area contributed by atoms with Crippen LogP contribution in [-0.2, 0) is 4.74 Å². The Morgan fingerprint density at radius 2 is 1.79 bits per heavy atom. The van der Waals surface area contributed by atoms with Gasteiger partial charge in [-0.3, -0.25) is 0 Å². The van der Waals surface area contributed by atoms with Gasteiger partial charge in [0.2, 0.25) is 0 Å². The second kappa shape index (κ2) is 6.44. The largest absolute Gasteiger partial charge is 0.390 e. The van der Waals surface area contributed by atoms with Gasteiger partial charge in [-0.1, -0.05) is 20.8 Å². The van der Waals surface area contributed by atoms with E-state index in [1.54, 1.807) is 0 Å². The topological polar surface area (TPSA) is 29.5 Å². The summed E-state index contributed by atoms with van der Waals surface area (Å²) in [6.45, 7) is 6.51. The van der Waals surface area contributed by atoms with E-state index in [2.05, 4.69) is 20.8 Å². The third-order valence-corrected chi connectivity index (χ3v) is 3.92. The van der Waals surface area contributed by atoms with Crippen LogP contribution in [0.2, 0.25) is 0 Å². The molecule has 2 nitrogen and oxygen atoms in total. The number of ether oxygens (including phenoxy) is 1. The normalized spacial score (nSPS) is 29.5. The number of rotatable bonds is 4. The number of hydrogen-bond donors (Lipinski definition) is 1. The fourth-order valence-corrected chi connectivity index (χ4v) is 2.59. The van der Waals surface area contributed by atoms with Gasteiger partial charge in [0.25, 0.3) is 0 Å². The number of hydrogen-bond acceptors (Lipinski definition) is 2. The van der Waals surface area contributed by atoms with Crippen LogP contribution in [0.1, 0.15) is 52.9 Å². The van der Waals surface area contributed by atoms with Crippen molar-refractivity contribution in [1.82, 2.24) is 0 Å². The van der Waals surface area contributed by atoms with Gasteiger partial charge in [0, 0.05) is 13.0 Å². The van der Waals surface area contributed by atoms with Crippen molar-refractivity contribution in [2.75, 3.05) is 6.61 Å². The van der Waals surface area contributed by atoms with E-state index in [0.29, 0.717) is 12.3 Å². The lowest BCUT2D eigenvalue weighted by Gasteiger charge is -2.39. The first-order chi connectivity index (χ1) is 8.59. The van der Waals surface area contributed by atoms with Gasteiger partial charge in [-0.15, -0.1) is 0 Å². The van der Waals surface area contributed by atoms with Gasteiger partial charge < -0.3 is 9.84 Å². The molecule has 0 amide bonds. The van der Waals surface area contributed by atoms with Crippen molar-refractivity contribution in [3.05, 3.63) is 0 Å². The first kappa shape index (κ1) is 16.8. The van der Waals surface area contributed by atoms with Gasteiger partial charge in [0.05, 0.1) is 12.2 Å². The summed E-state index contributed by atoms with van der Waals surface area (Å²) in [5.41, 5.74) is 0.147. The van der Waals surface area contributed by atoms with E-state index in [9.17, 15) is 18.3 Å². The van der Waals surface area contributed by atoms with E-state index < -0.39 is 18.7 Å². The van der Waals surface area contributed by atoms with Crippen molar-refractivity contribution in [3.63, 3.8) is 0 Å². The highest BCUT2D eigenvalue weighted by Crippen LogP contribution is 2.38. The first-order valence-electron chi connectivity index (χ1n) is 6.96. The highest BCUT2D eigenvalue weighted by Gasteiger charge is 2.35. The van der Waals surface area contributed by atoms with E-state index in [1.165, 1.54) is 0 Å². The summed E-state index contributed by atoms with van der Waals surface area (Å²) in [5.74, 6) is 0.448. The van der Waals surface area contributed by atoms with Crippen molar-refractivity contribution in [3.8, 4) is 0 Å². The number of aliphatic hydroxyl groups excluding tert-OH is 1. The van der Waals surface area contributed by atoms with Gasteiger partial charge in [-0.05, 0) is 37.0 Å². The molecule has 3 unspecified atom stereocenters. The number of alkyl halides is 3. The smallest absolute Gasteiger partial charge is 0.389 e. The van der Waals surface area contributed by atoms with Gasteiger partial charge >= 0.3 is 6.18 Å². The molecule has 1 fully saturated rings. The molecule has 0 aromatic rings. The summed E-state index contributed by atoms with van der Waals surface area (Å²) in [6, 6.07) is 0. The van der Waals surface area contributed by atoms with Crippen molar-refractivity contribution >= 4 is 0 Å². The van der Waals surface area contributed by atoms with Gasteiger partial charge in [-0.25, -0.2) is 0 Å². The third-order valence-electron chi connectivity index (χ3n) is 3.92. The van der Waals surface area contributed by atoms with Crippen LogP contribution in [0, 0.1) is 11.3 Å². The molecule has 0 spiro atoms. The Morgan fingerprint density at radius 1 is 1.16 bits per heavy atom. The molecule has 0 aliphatic heterocycles. The van der Waals surface area contributed by atoms with Gasteiger partial charge in [0.1, 0.15) is 0 Å². The van der Waals surface area contributed by atoms with Crippen LogP contribution >= 0.6 is 0 Å². The van der Waals surface area contributed by atoms with Crippen LogP contribution in [-0.4, -0.2) is 30.1 Å². The minimum absolute atomic E-state index is 0.0348. The molecule has 1 aliphatic carbocycles. The molecule has 3 atom stereocenters. The molecule has 114 valence electrons. The lowest BCUT2D eigenvalue weighted by atomic mass is 9.71. The zero-order chi connectivity index (χ0) is 14.7. The Hall–Kier alpha value is -0.290. The van der Waals surface area contributed by atoms with Crippen LogP contribution in [0.15, 0.2) is 0 Å². The summed E-state index contributed by atoms with van der Waals surface area (Å²) in [5, 5.41) is 9.86. The summed E-state index contributed by atoms with van der Waals surface area (Å²) < 4.78 is 41.5. The molecule has 5 heteroatoms. The fourth-order valence-electron chi connectivity index (χ4n) is 2.59. The van der Waals surface area contributed by atoms with E-state index >= 15 is 0 Å². The van der Waals surface area contributed by atoms with Crippen LogP contribution in [0.25, 0.3) is 0 Å². The monoisotopic (exact) mass is 282 g/mol. The third kappa shape index (κ3) is 6.13. The van der Waals surface area contributed by atoms with Crippen LogP contribution < -0.4 is 0 Å². The molecule has 0 saturated heterocycles. The molecular formula is C14H25F3O2. The molecule has 19 heavy (non-hydrogen) atoms. The highest BCUT2D eigenvalue weighted by molar-refractivity contribution is 4.86. The molecule has 0 radical (unpaired) electrons. The average Bonchev–Trinajstić information content (AvgIpc) is 2.23. The maximum absolute atomic E-state index is 12.0. The maximum Gasteiger partial charge on any atom is 0.389 e. The molecule has 0 bridgehead atoms. The standard InChI is InChI=1S/C14H25F3O2/c1-13(2,3)10-5-6-11(18)12(9-10)19-8-4-7-14(15,16)17/h10-12,18H,4-9H2,1-3H3. The molecule has 1 N–H and O–H groups in total. The Balaban J connectivity index is 2.35. The lowest BCUT2D eigenvalue weighted by molar-refractivity contribution is -0.142. The van der Waals surface area contributed by atoms with Crippen LogP contribution in [0.3, 0.4) is 0 Å². The first-order valence-corrected chi connectivity index (χ1v) is 6.96. The van der Waals surface area contributed by atoms with Gasteiger partial charge in [0.15, 0.2) is 0 Å². The molecule has 0 heterocycles. The van der Waals surface area contributed by atoms with E-state index in [-0.39, 0.29) is 24.5 Å². The molecule has 0 aromatic heterocycles. The highest BCUT2D eigenvalue weighted by atomic mass is 19.4. The van der Waals surface area contributed by atoms with Crippen molar-refractivity contribution in [1.29, 1.82) is 0 Å². The lowest BCUT2D eigenvalue weighted by Crippen LogP contribution is -2.40. The number of halogens is 3. The molecule has 1 saturated carbocycles. The van der Waals surface area contributed by atoms with E-state index in [1.807, 2.05) is 0 Å². The average molecular weight is 282 g/mol. The Bertz CT molecular complexity index is 271. The van der Waals surface area contributed by atoms with E-state index in [4.69, 9.17) is 4.74 Å². The zero-order valence-electron chi connectivity index (χ0n) is 12.0.